The Labute approximate surface area is 121 Å². The lowest BCUT2D eigenvalue weighted by atomic mass is 10.1. The molecule has 0 bridgehead atoms. The molecule has 0 aliphatic rings. The van der Waals surface area contributed by atoms with Gasteiger partial charge in [0, 0.05) is 17.4 Å². The smallest absolute Gasteiger partial charge is 0.341 e. The largest absolute Gasteiger partial charge is 0.465 e. The molecule has 0 amide bonds. The lowest BCUT2D eigenvalue weighted by Crippen LogP contribution is -2.23. The zero-order chi connectivity index (χ0) is 14.9. The summed E-state index contributed by atoms with van der Waals surface area (Å²) in [4.78, 5) is 24.0. The number of esters is 1. The predicted octanol–water partition coefficient (Wildman–Crippen LogP) is 2.89. The molecule has 0 radical (unpaired) electrons. The van der Waals surface area contributed by atoms with Gasteiger partial charge in [0.05, 0.1) is 17.7 Å². The Morgan fingerprint density at radius 2 is 1.95 bits per heavy atom. The van der Waals surface area contributed by atoms with Crippen molar-refractivity contribution < 1.29 is 9.53 Å². The second-order valence-electron chi connectivity index (χ2n) is 4.46. The van der Waals surface area contributed by atoms with E-state index in [0.29, 0.717) is 11.4 Å². The maximum atomic E-state index is 12.2. The molecule has 5 heteroatoms. The van der Waals surface area contributed by atoms with Crippen LogP contribution in [0.2, 0.25) is 5.02 Å². The van der Waals surface area contributed by atoms with Crippen LogP contribution in [0, 0.1) is 13.8 Å². The average molecular weight is 292 g/mol. The van der Waals surface area contributed by atoms with Gasteiger partial charge in [-0.25, -0.2) is 4.79 Å². The number of hydrogen-bond acceptors (Lipinski definition) is 3. The van der Waals surface area contributed by atoms with E-state index in [-0.39, 0.29) is 16.1 Å². The van der Waals surface area contributed by atoms with E-state index in [9.17, 15) is 9.59 Å². The van der Waals surface area contributed by atoms with Gasteiger partial charge in [0.1, 0.15) is 0 Å². The van der Waals surface area contributed by atoms with Gasteiger partial charge in [-0.05, 0) is 31.5 Å². The number of benzene rings is 1. The van der Waals surface area contributed by atoms with Gasteiger partial charge in [0.25, 0.3) is 5.56 Å². The Balaban J connectivity index is 2.77. The number of rotatable bonds is 2. The molecule has 0 saturated heterocycles. The Kier molecular flexibility index (Phi) is 3.95. The topological polar surface area (TPSA) is 48.3 Å². The van der Waals surface area contributed by atoms with Crippen molar-refractivity contribution in [3.63, 3.8) is 0 Å². The summed E-state index contributed by atoms with van der Waals surface area (Å²) in [6, 6.07) is 8.67. The average Bonchev–Trinajstić information content (AvgIpc) is 2.37. The van der Waals surface area contributed by atoms with Gasteiger partial charge in [0.15, 0.2) is 0 Å². The van der Waals surface area contributed by atoms with Gasteiger partial charge in [-0.2, -0.15) is 0 Å². The van der Waals surface area contributed by atoms with Gasteiger partial charge in [-0.15, -0.1) is 0 Å². The number of hydrogen-bond donors (Lipinski definition) is 0. The highest BCUT2D eigenvalue weighted by atomic mass is 35.5. The van der Waals surface area contributed by atoms with Crippen LogP contribution in [0.5, 0.6) is 0 Å². The van der Waals surface area contributed by atoms with E-state index in [4.69, 9.17) is 16.3 Å². The quantitative estimate of drug-likeness (QED) is 0.799. The molecule has 20 heavy (non-hydrogen) atoms. The number of aromatic nitrogens is 1. The molecule has 0 saturated carbocycles. The Morgan fingerprint density at radius 1 is 1.25 bits per heavy atom. The fourth-order valence-electron chi connectivity index (χ4n) is 2.13. The molecule has 0 unspecified atom stereocenters. The molecule has 0 fully saturated rings. The van der Waals surface area contributed by atoms with Crippen LogP contribution >= 0.6 is 11.6 Å². The monoisotopic (exact) mass is 291 g/mol. The zero-order valence-corrected chi connectivity index (χ0v) is 12.2. The van der Waals surface area contributed by atoms with Crippen LogP contribution in [0.1, 0.15) is 21.6 Å². The lowest BCUT2D eigenvalue weighted by molar-refractivity contribution is 0.0599. The minimum absolute atomic E-state index is 0.100. The van der Waals surface area contributed by atoms with Gasteiger partial charge in [-0.3, -0.25) is 9.36 Å². The highest BCUT2D eigenvalue weighted by Crippen LogP contribution is 2.21. The van der Waals surface area contributed by atoms with Crippen molar-refractivity contribution in [3.8, 4) is 5.69 Å². The number of nitrogens with zero attached hydrogens (tertiary/aromatic N) is 1. The molecule has 104 valence electrons. The number of carbonyl (C=O) groups excluding carboxylic acids is 1. The molecule has 0 spiro atoms. The summed E-state index contributed by atoms with van der Waals surface area (Å²) < 4.78 is 6.16. The van der Waals surface area contributed by atoms with Crippen LogP contribution in [0.4, 0.5) is 0 Å². The molecule has 2 rings (SSSR count). The number of halogens is 1. The molecule has 1 heterocycles. The number of aryl methyl sites for hydroxylation is 1. The van der Waals surface area contributed by atoms with Crippen LogP contribution in [0.25, 0.3) is 5.69 Å². The molecule has 0 aliphatic heterocycles. The Bertz CT molecular complexity index is 734. The summed E-state index contributed by atoms with van der Waals surface area (Å²) in [5.41, 5.74) is 2.08. The molecule has 4 nitrogen and oxygen atoms in total. The highest BCUT2D eigenvalue weighted by Gasteiger charge is 2.19. The van der Waals surface area contributed by atoms with Crippen molar-refractivity contribution in [2.45, 2.75) is 13.8 Å². The second-order valence-corrected chi connectivity index (χ2v) is 4.86. The summed E-state index contributed by atoms with van der Waals surface area (Å²) >= 11 is 5.98. The van der Waals surface area contributed by atoms with Crippen molar-refractivity contribution in [1.82, 2.24) is 4.57 Å². The molecule has 1 aromatic carbocycles. The molecule has 0 N–H and O–H groups in total. The first-order chi connectivity index (χ1) is 9.45. The maximum Gasteiger partial charge on any atom is 0.341 e. The third kappa shape index (κ3) is 2.47. The van der Waals surface area contributed by atoms with E-state index in [1.54, 1.807) is 13.0 Å². The SMILES string of the molecule is COC(=O)c1c(Cl)cc(=O)n(-c2cccc(C)c2)c1C. The van der Waals surface area contributed by atoms with Crippen LogP contribution in [0.15, 0.2) is 35.1 Å². The van der Waals surface area contributed by atoms with Crippen molar-refractivity contribution in [2.75, 3.05) is 7.11 Å². The van der Waals surface area contributed by atoms with Crippen LogP contribution in [0.3, 0.4) is 0 Å². The van der Waals surface area contributed by atoms with Crippen molar-refractivity contribution in [3.05, 3.63) is 62.5 Å². The normalized spacial score (nSPS) is 10.4. The molecule has 2 aromatic rings. The van der Waals surface area contributed by atoms with Crippen molar-refractivity contribution >= 4 is 17.6 Å². The summed E-state index contributed by atoms with van der Waals surface area (Å²) in [5.74, 6) is -0.561. The van der Waals surface area contributed by atoms with E-state index in [2.05, 4.69) is 0 Å². The highest BCUT2D eigenvalue weighted by molar-refractivity contribution is 6.33. The number of pyridine rings is 1. The summed E-state index contributed by atoms with van der Waals surface area (Å²) in [7, 11) is 1.28. The maximum absolute atomic E-state index is 12.2. The van der Waals surface area contributed by atoms with Crippen LogP contribution < -0.4 is 5.56 Å². The first kappa shape index (κ1) is 14.3. The minimum atomic E-state index is -0.561. The van der Waals surface area contributed by atoms with Gasteiger partial charge in [0.2, 0.25) is 0 Å². The van der Waals surface area contributed by atoms with Crippen molar-refractivity contribution in [1.29, 1.82) is 0 Å². The molecule has 1 aromatic heterocycles. The number of ether oxygens (including phenoxy) is 1. The summed E-state index contributed by atoms with van der Waals surface area (Å²) in [6.07, 6.45) is 0. The fourth-order valence-corrected chi connectivity index (χ4v) is 2.44. The molecular formula is C15H14ClNO3. The molecule has 0 aliphatic carbocycles. The Hall–Kier alpha value is -2.07. The Morgan fingerprint density at radius 3 is 2.55 bits per heavy atom. The molecule has 0 atom stereocenters. The second kappa shape index (κ2) is 5.51. The van der Waals surface area contributed by atoms with E-state index in [1.807, 2.05) is 25.1 Å². The third-order valence-electron chi connectivity index (χ3n) is 3.06. The predicted molar refractivity (Wildman–Crippen MR) is 77.9 cm³/mol. The van der Waals surface area contributed by atoms with Gasteiger partial charge < -0.3 is 4.74 Å². The first-order valence-corrected chi connectivity index (χ1v) is 6.41. The van der Waals surface area contributed by atoms with E-state index < -0.39 is 5.97 Å². The van der Waals surface area contributed by atoms with Gasteiger partial charge >= 0.3 is 5.97 Å². The fraction of sp³-hybridized carbons (Fsp3) is 0.200. The zero-order valence-electron chi connectivity index (χ0n) is 11.4. The summed E-state index contributed by atoms with van der Waals surface area (Å²) in [6.45, 7) is 3.60. The number of carbonyl (C=O) groups is 1. The van der Waals surface area contributed by atoms with E-state index in [1.165, 1.54) is 17.7 Å². The summed E-state index contributed by atoms with van der Waals surface area (Å²) in [5, 5.41) is 0.100. The number of methoxy groups -OCH3 is 1. The lowest BCUT2D eigenvalue weighted by Gasteiger charge is -2.14. The minimum Gasteiger partial charge on any atom is -0.465 e. The standard InChI is InChI=1S/C15H14ClNO3/c1-9-5-4-6-11(7-9)17-10(2)14(15(19)20-3)12(16)8-13(17)18/h4-8H,1-3H3. The van der Waals surface area contributed by atoms with Gasteiger partial charge in [-0.1, -0.05) is 23.7 Å². The molecular weight excluding hydrogens is 278 g/mol. The first-order valence-electron chi connectivity index (χ1n) is 6.03. The third-order valence-corrected chi connectivity index (χ3v) is 3.35. The van der Waals surface area contributed by atoms with Crippen LogP contribution in [-0.4, -0.2) is 17.6 Å². The van der Waals surface area contributed by atoms with E-state index >= 15 is 0 Å². The van der Waals surface area contributed by atoms with Crippen LogP contribution in [-0.2, 0) is 4.74 Å². The van der Waals surface area contributed by atoms with E-state index in [0.717, 1.165) is 5.56 Å². The van der Waals surface area contributed by atoms with Crippen molar-refractivity contribution in [2.24, 2.45) is 0 Å².